The van der Waals surface area contributed by atoms with Crippen LogP contribution in [0.4, 0.5) is 10.2 Å². The summed E-state index contributed by atoms with van der Waals surface area (Å²) in [5.74, 6) is -0.132. The Bertz CT molecular complexity index is 1860. The van der Waals surface area contributed by atoms with Crippen LogP contribution in [0.2, 0.25) is 0 Å². The number of aromatic nitrogens is 4. The van der Waals surface area contributed by atoms with E-state index in [4.69, 9.17) is 9.72 Å². The molecule has 220 valence electrons. The monoisotopic (exact) mass is 581 g/mol. The lowest BCUT2D eigenvalue weighted by atomic mass is 10.0. The number of nitrogens with zero attached hydrogens (tertiary/aromatic N) is 7. The Labute approximate surface area is 248 Å². The van der Waals surface area contributed by atoms with Crippen molar-refractivity contribution in [1.29, 1.82) is 5.26 Å². The Hall–Kier alpha value is -5.11. The highest BCUT2D eigenvalue weighted by atomic mass is 19.1. The first kappa shape index (κ1) is 29.4. The molecule has 1 aliphatic heterocycles. The van der Waals surface area contributed by atoms with Gasteiger partial charge in [-0.2, -0.15) is 10.2 Å². The lowest BCUT2D eigenvalue weighted by molar-refractivity contribution is -0.126. The van der Waals surface area contributed by atoms with Gasteiger partial charge in [-0.15, -0.1) is 0 Å². The molecule has 3 aromatic heterocycles. The van der Waals surface area contributed by atoms with Crippen LogP contribution in [0, 0.1) is 24.1 Å². The Balaban J connectivity index is 1.86. The second-order valence-corrected chi connectivity index (χ2v) is 10.8. The van der Waals surface area contributed by atoms with Crippen molar-refractivity contribution in [1.82, 2.24) is 24.4 Å². The van der Waals surface area contributed by atoms with Crippen LogP contribution in [0.15, 0.2) is 54.0 Å². The molecule has 43 heavy (non-hydrogen) atoms. The number of carbonyl (C=O) groups is 1. The maximum Gasteiger partial charge on any atom is 0.355 e. The van der Waals surface area contributed by atoms with Gasteiger partial charge in [0.15, 0.2) is 5.65 Å². The van der Waals surface area contributed by atoms with Gasteiger partial charge < -0.3 is 14.5 Å². The van der Waals surface area contributed by atoms with Gasteiger partial charge in [-0.3, -0.25) is 9.78 Å². The molecule has 0 aliphatic carbocycles. The molecule has 0 saturated carbocycles. The molecule has 1 amide bonds. The number of rotatable bonds is 6. The van der Waals surface area contributed by atoms with Gasteiger partial charge in [0.05, 0.1) is 35.1 Å². The molecule has 4 aromatic rings. The summed E-state index contributed by atoms with van der Waals surface area (Å²) in [6, 6.07) is 9.49. The maximum atomic E-state index is 14.1. The van der Waals surface area contributed by atoms with Crippen LogP contribution in [0.5, 0.6) is 5.75 Å². The molecule has 4 heterocycles. The van der Waals surface area contributed by atoms with Crippen LogP contribution in [0.25, 0.3) is 28.0 Å². The number of hydrogen-bond donors (Lipinski definition) is 0. The van der Waals surface area contributed by atoms with Gasteiger partial charge in [-0.1, -0.05) is 20.4 Å². The molecule has 0 spiro atoms. The molecule has 1 aromatic carbocycles. The van der Waals surface area contributed by atoms with Crippen molar-refractivity contribution >= 4 is 22.8 Å². The smallest absolute Gasteiger partial charge is 0.355 e. The van der Waals surface area contributed by atoms with Crippen molar-refractivity contribution in [2.24, 2.45) is 0 Å². The molecule has 1 fully saturated rings. The van der Waals surface area contributed by atoms with E-state index in [0.29, 0.717) is 47.8 Å². The molecule has 1 saturated heterocycles. The lowest BCUT2D eigenvalue weighted by Crippen LogP contribution is -2.54. The molecule has 5 rings (SSSR count). The van der Waals surface area contributed by atoms with Gasteiger partial charge in [0.25, 0.3) is 0 Å². The van der Waals surface area contributed by atoms with Crippen LogP contribution < -0.4 is 15.3 Å². The zero-order valence-corrected chi connectivity index (χ0v) is 24.8. The fourth-order valence-electron chi connectivity index (χ4n) is 5.59. The summed E-state index contributed by atoms with van der Waals surface area (Å²) in [5, 5.41) is 10.7. The third-order valence-corrected chi connectivity index (χ3v) is 7.70. The van der Waals surface area contributed by atoms with Gasteiger partial charge in [0.2, 0.25) is 5.91 Å². The molecular weight excluding hydrogens is 549 g/mol. The number of fused-ring (bicyclic) bond motifs is 1. The number of ether oxygens (including phenoxy) is 1. The number of carbonyl (C=O) groups excluding carboxylic acids is 1. The van der Waals surface area contributed by atoms with Crippen molar-refractivity contribution in [2.75, 3.05) is 31.6 Å². The maximum absolute atomic E-state index is 14.1. The van der Waals surface area contributed by atoms with Gasteiger partial charge in [0, 0.05) is 43.5 Å². The summed E-state index contributed by atoms with van der Waals surface area (Å²) < 4.78 is 21.0. The molecule has 10 nitrogen and oxygen atoms in total. The number of anilines is 1. The summed E-state index contributed by atoms with van der Waals surface area (Å²) in [4.78, 5) is 44.1. The van der Waals surface area contributed by atoms with E-state index in [1.807, 2.05) is 38.7 Å². The molecule has 11 heteroatoms. The minimum absolute atomic E-state index is 0.0259. The van der Waals surface area contributed by atoms with E-state index in [2.05, 4.69) is 22.6 Å². The normalized spacial score (nSPS) is 15.1. The van der Waals surface area contributed by atoms with Crippen molar-refractivity contribution < 1.29 is 13.9 Å². The van der Waals surface area contributed by atoms with E-state index in [9.17, 15) is 19.2 Å². The first-order chi connectivity index (χ1) is 20.6. The van der Waals surface area contributed by atoms with Gasteiger partial charge in [-0.25, -0.2) is 18.7 Å². The second kappa shape index (κ2) is 11.6. The number of benzene rings is 1. The Kier molecular flexibility index (Phi) is 7.96. The molecule has 0 unspecified atom stereocenters. The minimum atomic E-state index is -0.563. The molecule has 0 bridgehead atoms. The molecule has 1 atom stereocenters. The Morgan fingerprint density at radius 1 is 1.23 bits per heavy atom. The van der Waals surface area contributed by atoms with Crippen LogP contribution in [-0.2, 0) is 4.79 Å². The van der Waals surface area contributed by atoms with E-state index in [1.165, 1.54) is 36.0 Å². The number of piperazine rings is 1. The number of pyridine rings is 2. The van der Waals surface area contributed by atoms with E-state index in [0.717, 1.165) is 5.56 Å². The van der Waals surface area contributed by atoms with Crippen LogP contribution in [-0.4, -0.2) is 63.1 Å². The fraction of sp³-hybridized carbons (Fsp3) is 0.312. The standard InChI is InChI=1S/C32H32FN7O3/c1-7-26(41)38-12-13-39(20(5)17-38)30-24-14-21(16-34)28(23-9-8-22(33)15-25(23)43-6)36-31(24)40(32(42)37-30)29-19(4)10-11-35-27(29)18(2)3/h7-11,14-15,18,20H,1,12-13,17H2,2-6H3/t20-/m0/s1. The molecule has 0 radical (unpaired) electrons. The third kappa shape index (κ3) is 5.20. The largest absolute Gasteiger partial charge is 0.496 e. The predicted molar refractivity (Wildman–Crippen MR) is 162 cm³/mol. The summed E-state index contributed by atoms with van der Waals surface area (Å²) in [6.45, 7) is 12.6. The van der Waals surface area contributed by atoms with Crippen molar-refractivity contribution in [3.8, 4) is 28.8 Å². The highest BCUT2D eigenvalue weighted by molar-refractivity contribution is 5.93. The van der Waals surface area contributed by atoms with Crippen LogP contribution >= 0.6 is 0 Å². The third-order valence-electron chi connectivity index (χ3n) is 7.70. The van der Waals surface area contributed by atoms with Crippen molar-refractivity contribution in [2.45, 2.75) is 39.7 Å². The lowest BCUT2D eigenvalue weighted by Gasteiger charge is -2.40. The summed E-state index contributed by atoms with van der Waals surface area (Å²) in [7, 11) is 1.41. The quantitative estimate of drug-likeness (QED) is 0.305. The van der Waals surface area contributed by atoms with Crippen molar-refractivity contribution in [3.63, 3.8) is 0 Å². The number of hydrogen-bond acceptors (Lipinski definition) is 8. The van der Waals surface area contributed by atoms with E-state index >= 15 is 0 Å². The van der Waals surface area contributed by atoms with E-state index in [1.54, 1.807) is 17.2 Å². The van der Waals surface area contributed by atoms with Crippen molar-refractivity contribution in [3.05, 3.63) is 82.3 Å². The second-order valence-electron chi connectivity index (χ2n) is 10.8. The highest BCUT2D eigenvalue weighted by Crippen LogP contribution is 2.36. The minimum Gasteiger partial charge on any atom is -0.496 e. The van der Waals surface area contributed by atoms with Gasteiger partial charge in [-0.05, 0) is 55.7 Å². The molecular formula is C32H32FN7O3. The van der Waals surface area contributed by atoms with Crippen LogP contribution in [0.1, 0.15) is 43.5 Å². The zero-order valence-electron chi connectivity index (χ0n) is 24.8. The Morgan fingerprint density at radius 2 is 2.00 bits per heavy atom. The summed E-state index contributed by atoms with van der Waals surface area (Å²) in [5.41, 5.74) is 2.59. The topological polar surface area (TPSA) is 117 Å². The predicted octanol–water partition coefficient (Wildman–Crippen LogP) is 4.52. The van der Waals surface area contributed by atoms with Crippen LogP contribution in [0.3, 0.4) is 0 Å². The Morgan fingerprint density at radius 3 is 2.65 bits per heavy atom. The zero-order chi connectivity index (χ0) is 31.0. The molecule has 0 N–H and O–H groups in total. The number of halogens is 1. The highest BCUT2D eigenvalue weighted by Gasteiger charge is 2.30. The number of aryl methyl sites for hydroxylation is 1. The average molecular weight is 582 g/mol. The fourth-order valence-corrected chi connectivity index (χ4v) is 5.59. The van der Waals surface area contributed by atoms with Gasteiger partial charge >= 0.3 is 5.69 Å². The molecule has 1 aliphatic rings. The SMILES string of the molecule is C=CC(=O)N1CCN(c2nc(=O)n(-c3c(C)ccnc3C(C)C)c3nc(-c4ccc(F)cc4OC)c(C#N)cc23)[C@@H](C)C1. The van der Waals surface area contributed by atoms with E-state index in [-0.39, 0.29) is 40.5 Å². The first-order valence-electron chi connectivity index (χ1n) is 13.9. The first-order valence-corrected chi connectivity index (χ1v) is 13.9. The van der Waals surface area contributed by atoms with E-state index < -0.39 is 11.5 Å². The summed E-state index contributed by atoms with van der Waals surface area (Å²) in [6.07, 6.45) is 2.99. The summed E-state index contributed by atoms with van der Waals surface area (Å²) >= 11 is 0. The average Bonchev–Trinajstić information content (AvgIpc) is 2.99. The van der Waals surface area contributed by atoms with Gasteiger partial charge in [0.1, 0.15) is 23.5 Å². The number of nitriles is 1. The number of amides is 1. The number of methoxy groups -OCH3 is 1.